The van der Waals surface area contributed by atoms with Crippen molar-refractivity contribution >= 4 is 29.2 Å². The number of carbonyl (C=O) groups is 2. The maximum absolute atomic E-state index is 11.2. The lowest BCUT2D eigenvalue weighted by atomic mass is 10.4. The lowest BCUT2D eigenvalue weighted by Crippen LogP contribution is -2.30. The van der Waals surface area contributed by atoms with E-state index in [1.807, 2.05) is 0 Å². The van der Waals surface area contributed by atoms with Crippen LogP contribution in [0.2, 0.25) is 5.15 Å². The number of imide groups is 1. The Morgan fingerprint density at radius 2 is 1.71 bits per heavy atom. The Labute approximate surface area is 84.0 Å². The summed E-state index contributed by atoms with van der Waals surface area (Å²) < 4.78 is 0. The third-order valence-corrected chi connectivity index (χ3v) is 1.86. The van der Waals surface area contributed by atoms with Crippen LogP contribution in [-0.4, -0.2) is 22.0 Å². The molecule has 0 saturated heterocycles. The molecule has 0 bridgehead atoms. The van der Waals surface area contributed by atoms with Crippen LogP contribution < -0.4 is 4.90 Å². The molecule has 0 spiro atoms. The molecule has 0 unspecified atom stereocenters. The van der Waals surface area contributed by atoms with E-state index in [0.29, 0.717) is 0 Å². The number of nitrogens with zero attached hydrogens (tertiary/aromatic N) is 3. The molecule has 1 aliphatic rings. The van der Waals surface area contributed by atoms with E-state index in [0.717, 1.165) is 4.90 Å². The molecule has 0 saturated carbocycles. The van der Waals surface area contributed by atoms with Crippen LogP contribution in [0.4, 0.5) is 5.82 Å². The quantitative estimate of drug-likeness (QED) is 0.634. The van der Waals surface area contributed by atoms with Gasteiger partial charge in [-0.25, -0.2) is 4.90 Å². The maximum atomic E-state index is 11.2. The first-order valence-electron chi connectivity index (χ1n) is 3.74. The summed E-state index contributed by atoms with van der Waals surface area (Å²) >= 11 is 5.51. The van der Waals surface area contributed by atoms with E-state index in [9.17, 15) is 9.59 Å². The average molecular weight is 210 g/mol. The minimum atomic E-state index is -0.424. The van der Waals surface area contributed by atoms with Gasteiger partial charge in [-0.15, -0.1) is 10.2 Å². The summed E-state index contributed by atoms with van der Waals surface area (Å²) in [7, 11) is 0. The van der Waals surface area contributed by atoms with Gasteiger partial charge in [0.15, 0.2) is 11.0 Å². The van der Waals surface area contributed by atoms with Crippen LogP contribution in [-0.2, 0) is 9.59 Å². The second-order valence-corrected chi connectivity index (χ2v) is 2.95. The number of hydrogen-bond acceptors (Lipinski definition) is 4. The first-order valence-corrected chi connectivity index (χ1v) is 4.11. The molecule has 6 heteroatoms. The van der Waals surface area contributed by atoms with Gasteiger partial charge in [-0.3, -0.25) is 9.59 Å². The molecule has 5 nitrogen and oxygen atoms in total. The van der Waals surface area contributed by atoms with Crippen molar-refractivity contribution in [2.24, 2.45) is 0 Å². The number of anilines is 1. The molecule has 2 rings (SSSR count). The van der Waals surface area contributed by atoms with E-state index in [4.69, 9.17) is 11.6 Å². The number of carbonyl (C=O) groups excluding carboxylic acids is 2. The molecule has 2 amide bonds. The molecular weight excluding hydrogens is 206 g/mol. The van der Waals surface area contributed by atoms with Crippen molar-refractivity contribution in [1.29, 1.82) is 0 Å². The summed E-state index contributed by atoms with van der Waals surface area (Å²) in [4.78, 5) is 23.3. The third-order valence-electron chi connectivity index (χ3n) is 1.66. The van der Waals surface area contributed by atoms with Gasteiger partial charge in [-0.2, -0.15) is 0 Å². The Hall–Kier alpha value is -1.75. The van der Waals surface area contributed by atoms with Gasteiger partial charge in [-0.05, 0) is 12.1 Å². The van der Waals surface area contributed by atoms with Crippen LogP contribution in [0.1, 0.15) is 0 Å². The monoisotopic (exact) mass is 209 g/mol. The second kappa shape index (κ2) is 3.19. The molecule has 0 aliphatic carbocycles. The minimum absolute atomic E-state index is 0.175. The van der Waals surface area contributed by atoms with E-state index >= 15 is 0 Å². The molecule has 0 aromatic carbocycles. The van der Waals surface area contributed by atoms with Gasteiger partial charge in [0.1, 0.15) is 0 Å². The zero-order chi connectivity index (χ0) is 10.1. The van der Waals surface area contributed by atoms with Gasteiger partial charge in [-0.1, -0.05) is 11.6 Å². The van der Waals surface area contributed by atoms with E-state index in [1.165, 1.54) is 24.3 Å². The highest BCUT2D eigenvalue weighted by Crippen LogP contribution is 2.15. The van der Waals surface area contributed by atoms with Gasteiger partial charge in [0.25, 0.3) is 11.8 Å². The normalized spacial score (nSPS) is 15.4. The molecule has 70 valence electrons. The molecular formula is C8H4ClN3O2. The largest absolute Gasteiger partial charge is 0.269 e. The summed E-state index contributed by atoms with van der Waals surface area (Å²) in [5.74, 6) is -0.673. The van der Waals surface area contributed by atoms with E-state index in [2.05, 4.69) is 10.2 Å². The van der Waals surface area contributed by atoms with Crippen molar-refractivity contribution in [3.63, 3.8) is 0 Å². The summed E-state index contributed by atoms with van der Waals surface area (Å²) in [6, 6.07) is 2.92. The Morgan fingerprint density at radius 3 is 2.21 bits per heavy atom. The van der Waals surface area contributed by atoms with Crippen molar-refractivity contribution in [2.75, 3.05) is 4.90 Å². The Morgan fingerprint density at radius 1 is 1.07 bits per heavy atom. The van der Waals surface area contributed by atoms with Crippen LogP contribution in [0.15, 0.2) is 24.3 Å². The topological polar surface area (TPSA) is 63.2 Å². The predicted octanol–water partition coefficient (Wildman–Crippen LogP) is 0.559. The van der Waals surface area contributed by atoms with E-state index in [1.54, 1.807) is 0 Å². The molecule has 0 radical (unpaired) electrons. The Kier molecular flexibility index (Phi) is 2.01. The van der Waals surface area contributed by atoms with Crippen molar-refractivity contribution in [3.8, 4) is 0 Å². The van der Waals surface area contributed by atoms with Gasteiger partial charge >= 0.3 is 0 Å². The zero-order valence-electron chi connectivity index (χ0n) is 6.85. The summed E-state index contributed by atoms with van der Waals surface area (Å²) in [5.41, 5.74) is 0. The molecule has 0 atom stereocenters. The third kappa shape index (κ3) is 1.38. The van der Waals surface area contributed by atoms with E-state index in [-0.39, 0.29) is 11.0 Å². The lowest BCUT2D eigenvalue weighted by molar-refractivity contribution is -0.120. The second-order valence-electron chi connectivity index (χ2n) is 2.56. The summed E-state index contributed by atoms with van der Waals surface area (Å²) in [6.07, 6.45) is 2.36. The SMILES string of the molecule is O=C1C=CC(=O)N1c1ccc(Cl)nn1. The molecule has 1 aliphatic heterocycles. The minimum Gasteiger partial charge on any atom is -0.269 e. The van der Waals surface area contributed by atoms with Crippen molar-refractivity contribution < 1.29 is 9.59 Å². The fourth-order valence-electron chi connectivity index (χ4n) is 1.05. The molecule has 1 aromatic rings. The van der Waals surface area contributed by atoms with Gasteiger partial charge in [0.2, 0.25) is 0 Å². The standard InChI is InChI=1S/C8H4ClN3O2/c9-5-1-2-6(11-10-5)12-7(13)3-4-8(12)14/h1-4H. The van der Waals surface area contributed by atoms with Crippen LogP contribution in [0.5, 0.6) is 0 Å². The number of hydrogen-bond donors (Lipinski definition) is 0. The number of halogens is 1. The fourth-order valence-corrected chi connectivity index (χ4v) is 1.16. The number of aromatic nitrogens is 2. The van der Waals surface area contributed by atoms with Crippen molar-refractivity contribution in [3.05, 3.63) is 29.4 Å². The molecule has 2 heterocycles. The summed E-state index contributed by atoms with van der Waals surface area (Å²) in [6.45, 7) is 0. The highest BCUT2D eigenvalue weighted by Gasteiger charge is 2.26. The van der Waals surface area contributed by atoms with E-state index < -0.39 is 11.8 Å². The highest BCUT2D eigenvalue weighted by atomic mass is 35.5. The predicted molar refractivity (Wildman–Crippen MR) is 48.7 cm³/mol. The van der Waals surface area contributed by atoms with Crippen molar-refractivity contribution in [2.45, 2.75) is 0 Å². The highest BCUT2D eigenvalue weighted by molar-refractivity contribution is 6.29. The van der Waals surface area contributed by atoms with Crippen LogP contribution in [0.25, 0.3) is 0 Å². The summed E-state index contributed by atoms with van der Waals surface area (Å²) in [5, 5.41) is 7.37. The molecule has 0 fully saturated rings. The molecule has 0 N–H and O–H groups in total. The first-order chi connectivity index (χ1) is 6.68. The Bertz CT molecular complexity index is 409. The van der Waals surface area contributed by atoms with Gasteiger partial charge in [0, 0.05) is 12.2 Å². The average Bonchev–Trinajstić information content (AvgIpc) is 2.49. The maximum Gasteiger partial charge on any atom is 0.259 e. The van der Waals surface area contributed by atoms with Crippen molar-refractivity contribution in [1.82, 2.24) is 10.2 Å². The molecule has 1 aromatic heterocycles. The van der Waals surface area contributed by atoms with Crippen LogP contribution >= 0.6 is 11.6 Å². The zero-order valence-corrected chi connectivity index (χ0v) is 7.60. The van der Waals surface area contributed by atoms with Crippen LogP contribution in [0.3, 0.4) is 0 Å². The lowest BCUT2D eigenvalue weighted by Gasteiger charge is -2.10. The fraction of sp³-hybridized carbons (Fsp3) is 0. The first kappa shape index (κ1) is 8.83. The van der Waals surface area contributed by atoms with Gasteiger partial charge in [0.05, 0.1) is 0 Å². The molecule has 14 heavy (non-hydrogen) atoms. The van der Waals surface area contributed by atoms with Crippen LogP contribution in [0, 0.1) is 0 Å². The number of rotatable bonds is 1. The van der Waals surface area contributed by atoms with Gasteiger partial charge < -0.3 is 0 Å². The Balaban J connectivity index is 2.36. The smallest absolute Gasteiger partial charge is 0.259 e. The number of amides is 2.